The van der Waals surface area contributed by atoms with Crippen molar-refractivity contribution in [1.82, 2.24) is 0 Å². The molecule has 0 unspecified atom stereocenters. The topological polar surface area (TPSA) is 35.5 Å². The number of ether oxygens (including phenoxy) is 2. The molecule has 3 nitrogen and oxygen atoms in total. The van der Waals surface area contributed by atoms with E-state index in [0.717, 1.165) is 12.8 Å². The van der Waals surface area contributed by atoms with Crippen molar-refractivity contribution in [3.63, 3.8) is 0 Å². The summed E-state index contributed by atoms with van der Waals surface area (Å²) in [6.07, 6.45) is 1.75. The van der Waals surface area contributed by atoms with Gasteiger partial charge in [-0.1, -0.05) is 30.3 Å². The van der Waals surface area contributed by atoms with Crippen LogP contribution in [0.25, 0.3) is 0 Å². The third-order valence-corrected chi connectivity index (χ3v) is 2.64. The Morgan fingerprint density at radius 1 is 1.05 bits per heavy atom. The molecule has 0 aliphatic carbocycles. The van der Waals surface area contributed by atoms with E-state index in [2.05, 4.69) is 0 Å². The highest BCUT2D eigenvalue weighted by atomic mass is 16.5. The van der Waals surface area contributed by atoms with Crippen molar-refractivity contribution in [1.29, 1.82) is 0 Å². The van der Waals surface area contributed by atoms with Crippen LogP contribution < -0.4 is 0 Å². The lowest BCUT2D eigenvalue weighted by Gasteiger charge is -2.16. The molecule has 0 radical (unpaired) electrons. The van der Waals surface area contributed by atoms with Crippen LogP contribution in [-0.4, -0.2) is 19.2 Å². The van der Waals surface area contributed by atoms with Gasteiger partial charge in [0.1, 0.15) is 0 Å². The molecule has 3 heteroatoms. The van der Waals surface area contributed by atoms with E-state index in [1.165, 1.54) is 5.56 Å². The largest absolute Gasteiger partial charge is 0.465 e. The van der Waals surface area contributed by atoms with Crippen LogP contribution in [0.1, 0.15) is 39.2 Å². The van der Waals surface area contributed by atoms with Crippen LogP contribution >= 0.6 is 0 Å². The predicted molar refractivity (Wildman–Crippen MR) is 75.7 cm³/mol. The fourth-order valence-electron chi connectivity index (χ4n) is 1.45. The van der Waals surface area contributed by atoms with Gasteiger partial charge in [0.15, 0.2) is 0 Å². The van der Waals surface area contributed by atoms with Crippen LogP contribution in [0.4, 0.5) is 0 Å². The highest BCUT2D eigenvalue weighted by molar-refractivity contribution is 5.75. The Balaban J connectivity index is 1.99. The Morgan fingerprint density at radius 2 is 1.68 bits per heavy atom. The highest BCUT2D eigenvalue weighted by Crippen LogP contribution is 2.15. The van der Waals surface area contributed by atoms with Crippen LogP contribution in [0, 0.1) is 5.41 Å². The molecule has 1 rings (SSSR count). The molecule has 1 aromatic rings. The highest BCUT2D eigenvalue weighted by Gasteiger charge is 2.22. The van der Waals surface area contributed by atoms with Gasteiger partial charge in [0.05, 0.1) is 18.6 Å². The fraction of sp³-hybridized carbons (Fsp3) is 0.562. The molecule has 0 aromatic heterocycles. The molecule has 0 amide bonds. The van der Waals surface area contributed by atoms with Crippen molar-refractivity contribution >= 4 is 5.97 Å². The van der Waals surface area contributed by atoms with Crippen molar-refractivity contribution in [2.75, 3.05) is 13.2 Å². The smallest absolute Gasteiger partial charge is 0.311 e. The molecule has 0 fully saturated rings. The molecular formula is C16H24O3. The summed E-state index contributed by atoms with van der Waals surface area (Å²) in [5.74, 6) is -0.141. The Morgan fingerprint density at radius 3 is 2.32 bits per heavy atom. The molecule has 106 valence electrons. The molecule has 19 heavy (non-hydrogen) atoms. The van der Waals surface area contributed by atoms with Crippen LogP contribution in [0.2, 0.25) is 0 Å². The first-order valence-electron chi connectivity index (χ1n) is 6.79. The minimum absolute atomic E-state index is 0.141. The summed E-state index contributed by atoms with van der Waals surface area (Å²) < 4.78 is 10.7. The second kappa shape index (κ2) is 7.95. The molecule has 0 spiro atoms. The van der Waals surface area contributed by atoms with Crippen LogP contribution in [0.15, 0.2) is 30.3 Å². The van der Waals surface area contributed by atoms with Gasteiger partial charge < -0.3 is 9.47 Å². The summed E-state index contributed by atoms with van der Waals surface area (Å²) in [7, 11) is 0. The maximum absolute atomic E-state index is 11.5. The van der Waals surface area contributed by atoms with Crippen molar-refractivity contribution in [3.05, 3.63) is 35.9 Å². The number of benzene rings is 1. The molecule has 0 N–H and O–H groups in total. The van der Waals surface area contributed by atoms with Gasteiger partial charge in [-0.2, -0.15) is 0 Å². The lowest BCUT2D eigenvalue weighted by atomic mass is 9.97. The molecule has 0 heterocycles. The number of rotatable bonds is 7. The van der Waals surface area contributed by atoms with E-state index in [0.29, 0.717) is 19.8 Å². The van der Waals surface area contributed by atoms with Gasteiger partial charge in [0.2, 0.25) is 0 Å². The zero-order valence-electron chi connectivity index (χ0n) is 12.1. The predicted octanol–water partition coefficient (Wildman–Crippen LogP) is 3.57. The first-order valence-corrected chi connectivity index (χ1v) is 6.79. The van der Waals surface area contributed by atoms with Crippen LogP contribution in [0.5, 0.6) is 0 Å². The number of carbonyl (C=O) groups excluding carboxylic acids is 1. The summed E-state index contributed by atoms with van der Waals surface area (Å²) in [4.78, 5) is 11.5. The molecule has 1 aromatic carbocycles. The monoisotopic (exact) mass is 264 g/mol. The second-order valence-electron chi connectivity index (χ2n) is 5.63. The van der Waals surface area contributed by atoms with Crippen LogP contribution in [-0.2, 0) is 20.9 Å². The average Bonchev–Trinajstić information content (AvgIpc) is 2.37. The summed E-state index contributed by atoms with van der Waals surface area (Å²) in [6.45, 7) is 7.39. The van der Waals surface area contributed by atoms with Gasteiger partial charge in [-0.3, -0.25) is 4.79 Å². The Labute approximate surface area is 115 Å². The first-order chi connectivity index (χ1) is 9.00. The van der Waals surface area contributed by atoms with E-state index in [1.807, 2.05) is 51.1 Å². The Bertz CT molecular complexity index is 365. The molecule has 0 aliphatic heterocycles. The molecule has 0 bridgehead atoms. The molecule has 0 saturated carbocycles. The number of hydrogen-bond donors (Lipinski definition) is 0. The third-order valence-electron chi connectivity index (χ3n) is 2.64. The maximum atomic E-state index is 11.5. The summed E-state index contributed by atoms with van der Waals surface area (Å²) >= 11 is 0. The standard InChI is InChI=1S/C16H24O3/c1-16(2,3)15(17)19-12-8-7-11-18-13-14-9-5-4-6-10-14/h4-6,9-10H,7-8,11-13H2,1-3H3. The molecule has 0 atom stereocenters. The van der Waals surface area contributed by atoms with Gasteiger partial charge in [-0.05, 0) is 39.2 Å². The second-order valence-corrected chi connectivity index (χ2v) is 5.63. The van der Waals surface area contributed by atoms with E-state index < -0.39 is 5.41 Å². The third kappa shape index (κ3) is 6.97. The quantitative estimate of drug-likeness (QED) is 0.558. The Kier molecular flexibility index (Phi) is 6.57. The zero-order chi connectivity index (χ0) is 14.1. The minimum Gasteiger partial charge on any atom is -0.465 e. The van der Waals surface area contributed by atoms with Gasteiger partial charge in [-0.25, -0.2) is 0 Å². The van der Waals surface area contributed by atoms with E-state index >= 15 is 0 Å². The van der Waals surface area contributed by atoms with E-state index in [-0.39, 0.29) is 5.97 Å². The number of esters is 1. The van der Waals surface area contributed by atoms with Crippen molar-refractivity contribution < 1.29 is 14.3 Å². The van der Waals surface area contributed by atoms with E-state index in [9.17, 15) is 4.79 Å². The zero-order valence-corrected chi connectivity index (χ0v) is 12.1. The van der Waals surface area contributed by atoms with Gasteiger partial charge in [-0.15, -0.1) is 0 Å². The van der Waals surface area contributed by atoms with E-state index in [4.69, 9.17) is 9.47 Å². The molecule has 0 aliphatic rings. The van der Waals surface area contributed by atoms with Crippen molar-refractivity contribution in [3.8, 4) is 0 Å². The minimum atomic E-state index is -0.413. The maximum Gasteiger partial charge on any atom is 0.311 e. The fourth-order valence-corrected chi connectivity index (χ4v) is 1.45. The van der Waals surface area contributed by atoms with Gasteiger partial charge >= 0.3 is 5.97 Å². The summed E-state index contributed by atoms with van der Waals surface area (Å²) in [6, 6.07) is 10.1. The number of carbonyl (C=O) groups is 1. The summed E-state index contributed by atoms with van der Waals surface area (Å²) in [5.41, 5.74) is 0.769. The molecule has 0 saturated heterocycles. The Hall–Kier alpha value is -1.35. The lowest BCUT2D eigenvalue weighted by molar-refractivity contribution is -0.153. The van der Waals surface area contributed by atoms with Crippen LogP contribution in [0.3, 0.4) is 0 Å². The first kappa shape index (κ1) is 15.7. The number of unbranched alkanes of at least 4 members (excludes halogenated alkanes) is 1. The van der Waals surface area contributed by atoms with Gasteiger partial charge in [0.25, 0.3) is 0 Å². The van der Waals surface area contributed by atoms with Crippen molar-refractivity contribution in [2.24, 2.45) is 5.41 Å². The van der Waals surface area contributed by atoms with Crippen molar-refractivity contribution in [2.45, 2.75) is 40.2 Å². The SMILES string of the molecule is CC(C)(C)C(=O)OCCCCOCc1ccccc1. The van der Waals surface area contributed by atoms with Gasteiger partial charge in [0, 0.05) is 6.61 Å². The average molecular weight is 264 g/mol. The summed E-state index contributed by atoms with van der Waals surface area (Å²) in [5, 5.41) is 0. The number of hydrogen-bond acceptors (Lipinski definition) is 3. The molecular weight excluding hydrogens is 240 g/mol. The lowest BCUT2D eigenvalue weighted by Crippen LogP contribution is -2.23. The normalized spacial score (nSPS) is 11.3. The van der Waals surface area contributed by atoms with E-state index in [1.54, 1.807) is 0 Å².